The number of para-hydroxylation sites is 1. The number of hydrogen-bond acceptors (Lipinski definition) is 5. The number of aromatic amines is 1. The highest BCUT2D eigenvalue weighted by molar-refractivity contribution is 7.12. The Hall–Kier alpha value is -3.78. The standard InChI is InChI=1S/C23H19N3O4S/c27-22(25-15-7-8-19-20(11-15)30-13-29-19)18(26-23(28)21-6-3-9-31-21)10-14-12-24-17-5-2-1-4-16(14)17/h1-9,11-12,18,24H,10,13H2,(H,25,27)(H,26,28)/t18-/m1/s1. The summed E-state index contributed by atoms with van der Waals surface area (Å²) in [4.78, 5) is 29.6. The number of aromatic nitrogens is 1. The van der Waals surface area contributed by atoms with Gasteiger partial charge in [0.25, 0.3) is 5.91 Å². The van der Waals surface area contributed by atoms with Crippen molar-refractivity contribution in [2.45, 2.75) is 12.5 Å². The fourth-order valence-electron chi connectivity index (χ4n) is 3.57. The van der Waals surface area contributed by atoms with Crippen LogP contribution in [0.2, 0.25) is 0 Å². The summed E-state index contributed by atoms with van der Waals surface area (Å²) in [5.74, 6) is 0.627. The van der Waals surface area contributed by atoms with Crippen molar-refractivity contribution < 1.29 is 19.1 Å². The molecule has 0 aliphatic carbocycles. The Balaban J connectivity index is 1.39. The molecule has 4 aromatic rings. The van der Waals surface area contributed by atoms with Gasteiger partial charge in [0.2, 0.25) is 12.7 Å². The van der Waals surface area contributed by atoms with Crippen LogP contribution >= 0.6 is 11.3 Å². The molecule has 1 aliphatic rings. The topological polar surface area (TPSA) is 92.5 Å². The molecule has 0 radical (unpaired) electrons. The third kappa shape index (κ3) is 3.97. The molecule has 1 aliphatic heterocycles. The number of H-pyrrole nitrogens is 1. The van der Waals surface area contributed by atoms with Crippen LogP contribution < -0.4 is 20.1 Å². The van der Waals surface area contributed by atoms with Gasteiger partial charge >= 0.3 is 0 Å². The summed E-state index contributed by atoms with van der Waals surface area (Å²) >= 11 is 1.33. The molecule has 1 atom stereocenters. The van der Waals surface area contributed by atoms with Crippen molar-refractivity contribution in [2.75, 3.05) is 12.1 Å². The number of thiophene rings is 1. The lowest BCUT2D eigenvalue weighted by molar-refractivity contribution is -0.118. The Kier molecular flexibility index (Phi) is 5.05. The van der Waals surface area contributed by atoms with E-state index in [0.717, 1.165) is 16.5 Å². The van der Waals surface area contributed by atoms with E-state index in [0.29, 0.717) is 28.5 Å². The normalized spacial score (nSPS) is 13.2. The molecule has 3 heterocycles. The van der Waals surface area contributed by atoms with E-state index in [2.05, 4.69) is 15.6 Å². The molecule has 3 N–H and O–H groups in total. The first-order chi connectivity index (χ1) is 15.2. The van der Waals surface area contributed by atoms with Crippen molar-refractivity contribution >= 4 is 39.7 Å². The molecular formula is C23H19N3O4S. The van der Waals surface area contributed by atoms with Gasteiger partial charge in [-0.05, 0) is 35.2 Å². The monoisotopic (exact) mass is 433 g/mol. The van der Waals surface area contributed by atoms with Crippen LogP contribution in [-0.2, 0) is 11.2 Å². The number of amides is 2. The third-order valence-electron chi connectivity index (χ3n) is 5.11. The van der Waals surface area contributed by atoms with Crippen molar-refractivity contribution in [3.63, 3.8) is 0 Å². The number of rotatable bonds is 6. The van der Waals surface area contributed by atoms with Crippen LogP contribution in [0.5, 0.6) is 11.5 Å². The first kappa shape index (κ1) is 19.2. The summed E-state index contributed by atoms with van der Waals surface area (Å²) in [5, 5.41) is 8.62. The van der Waals surface area contributed by atoms with Gasteiger partial charge in [-0.1, -0.05) is 24.3 Å². The highest BCUT2D eigenvalue weighted by atomic mass is 32.1. The van der Waals surface area contributed by atoms with Gasteiger partial charge in [-0.25, -0.2) is 0 Å². The van der Waals surface area contributed by atoms with E-state index in [1.165, 1.54) is 11.3 Å². The Morgan fingerprint density at radius 1 is 1.06 bits per heavy atom. The smallest absolute Gasteiger partial charge is 0.262 e. The van der Waals surface area contributed by atoms with E-state index < -0.39 is 6.04 Å². The molecule has 5 rings (SSSR count). The molecule has 0 fully saturated rings. The third-order valence-corrected chi connectivity index (χ3v) is 5.97. The Morgan fingerprint density at radius 3 is 2.81 bits per heavy atom. The van der Waals surface area contributed by atoms with Crippen LogP contribution in [0.1, 0.15) is 15.2 Å². The SMILES string of the molecule is O=C(N[C@H](Cc1c[nH]c2ccccc12)C(=O)Nc1ccc2c(c1)OCO2)c1cccs1. The van der Waals surface area contributed by atoms with Gasteiger partial charge in [-0.15, -0.1) is 11.3 Å². The molecule has 0 spiro atoms. The van der Waals surface area contributed by atoms with E-state index in [4.69, 9.17) is 9.47 Å². The Morgan fingerprint density at radius 2 is 1.94 bits per heavy atom. The first-order valence-corrected chi connectivity index (χ1v) is 10.7. The summed E-state index contributed by atoms with van der Waals surface area (Å²) in [7, 11) is 0. The lowest BCUT2D eigenvalue weighted by Gasteiger charge is -2.18. The molecule has 0 saturated carbocycles. The van der Waals surface area contributed by atoms with Gasteiger partial charge in [-0.2, -0.15) is 0 Å². The largest absolute Gasteiger partial charge is 0.454 e. The number of carbonyl (C=O) groups is 2. The maximum Gasteiger partial charge on any atom is 0.262 e. The van der Waals surface area contributed by atoms with Crippen LogP contribution in [-0.4, -0.2) is 29.6 Å². The Bertz CT molecular complexity index is 1250. The molecule has 0 saturated heterocycles. The van der Waals surface area contributed by atoms with Gasteiger partial charge in [0.05, 0.1) is 4.88 Å². The summed E-state index contributed by atoms with van der Waals surface area (Å²) in [5.41, 5.74) is 2.51. The van der Waals surface area contributed by atoms with Gasteiger partial charge in [0.1, 0.15) is 6.04 Å². The van der Waals surface area contributed by atoms with Crippen LogP contribution in [0.3, 0.4) is 0 Å². The summed E-state index contributed by atoms with van der Waals surface area (Å²) in [6.07, 6.45) is 2.22. The second kappa shape index (κ2) is 8.16. The number of benzene rings is 2. The second-order valence-corrected chi connectivity index (χ2v) is 8.07. The average Bonchev–Trinajstić information content (AvgIpc) is 3.54. The molecule has 7 nitrogen and oxygen atoms in total. The van der Waals surface area contributed by atoms with E-state index in [-0.39, 0.29) is 18.6 Å². The number of carbonyl (C=O) groups excluding carboxylic acids is 2. The number of ether oxygens (including phenoxy) is 2. The van der Waals surface area contributed by atoms with Crippen molar-refractivity contribution in [2.24, 2.45) is 0 Å². The van der Waals surface area contributed by atoms with Crippen LogP contribution in [0.4, 0.5) is 5.69 Å². The van der Waals surface area contributed by atoms with Gasteiger partial charge < -0.3 is 25.1 Å². The van der Waals surface area contributed by atoms with Crippen molar-refractivity contribution in [1.82, 2.24) is 10.3 Å². The van der Waals surface area contributed by atoms with E-state index >= 15 is 0 Å². The molecule has 0 unspecified atom stereocenters. The predicted octanol–water partition coefficient (Wildman–Crippen LogP) is 3.94. The molecule has 156 valence electrons. The van der Waals surface area contributed by atoms with Crippen molar-refractivity contribution in [1.29, 1.82) is 0 Å². The van der Waals surface area contributed by atoms with Crippen molar-refractivity contribution in [3.05, 3.63) is 76.6 Å². The minimum atomic E-state index is -0.765. The zero-order chi connectivity index (χ0) is 21.2. The lowest BCUT2D eigenvalue weighted by Crippen LogP contribution is -2.45. The maximum atomic E-state index is 13.2. The van der Waals surface area contributed by atoms with Crippen molar-refractivity contribution in [3.8, 4) is 11.5 Å². The van der Waals surface area contributed by atoms with Gasteiger partial charge in [0, 0.05) is 35.3 Å². The first-order valence-electron chi connectivity index (χ1n) is 9.77. The minimum Gasteiger partial charge on any atom is -0.454 e. The lowest BCUT2D eigenvalue weighted by atomic mass is 10.0. The predicted molar refractivity (Wildman–Crippen MR) is 119 cm³/mol. The zero-order valence-corrected chi connectivity index (χ0v) is 17.2. The van der Waals surface area contributed by atoms with E-state index in [1.54, 1.807) is 30.3 Å². The summed E-state index contributed by atoms with van der Waals surface area (Å²) in [6, 6.07) is 15.9. The fraction of sp³-hybridized carbons (Fsp3) is 0.130. The molecule has 2 aromatic carbocycles. The maximum absolute atomic E-state index is 13.2. The molecular weight excluding hydrogens is 414 g/mol. The fourth-order valence-corrected chi connectivity index (χ4v) is 4.20. The molecule has 0 bridgehead atoms. The molecule has 8 heteroatoms. The van der Waals surface area contributed by atoms with E-state index in [1.807, 2.05) is 35.8 Å². The summed E-state index contributed by atoms with van der Waals surface area (Å²) < 4.78 is 10.7. The Labute approximate surface area is 182 Å². The quantitative estimate of drug-likeness (QED) is 0.430. The average molecular weight is 433 g/mol. The van der Waals surface area contributed by atoms with Crippen LogP contribution in [0.15, 0.2) is 66.2 Å². The number of fused-ring (bicyclic) bond motifs is 2. The van der Waals surface area contributed by atoms with Crippen LogP contribution in [0, 0.1) is 0 Å². The van der Waals surface area contributed by atoms with E-state index in [9.17, 15) is 9.59 Å². The number of nitrogens with one attached hydrogen (secondary N) is 3. The minimum absolute atomic E-state index is 0.160. The number of hydrogen-bond donors (Lipinski definition) is 3. The second-order valence-electron chi connectivity index (χ2n) is 7.12. The van der Waals surface area contributed by atoms with Crippen LogP contribution in [0.25, 0.3) is 10.9 Å². The van der Waals surface area contributed by atoms with Gasteiger partial charge in [0.15, 0.2) is 11.5 Å². The molecule has 31 heavy (non-hydrogen) atoms. The van der Waals surface area contributed by atoms with Gasteiger partial charge in [-0.3, -0.25) is 9.59 Å². The highest BCUT2D eigenvalue weighted by Gasteiger charge is 2.24. The molecule has 2 aromatic heterocycles. The zero-order valence-electron chi connectivity index (χ0n) is 16.4. The molecule has 2 amide bonds. The highest BCUT2D eigenvalue weighted by Crippen LogP contribution is 2.34. The summed E-state index contributed by atoms with van der Waals surface area (Å²) in [6.45, 7) is 0.160. The number of anilines is 1.